The predicted molar refractivity (Wildman–Crippen MR) is 128 cm³/mol. The van der Waals surface area contributed by atoms with Gasteiger partial charge in [-0.05, 0) is 48.5 Å². The summed E-state index contributed by atoms with van der Waals surface area (Å²) < 4.78 is 7.95. The number of nitrogens with one attached hydrogen (secondary N) is 1. The molecule has 1 aliphatic rings. The fourth-order valence-corrected chi connectivity index (χ4v) is 3.96. The van der Waals surface area contributed by atoms with Crippen LogP contribution in [-0.4, -0.2) is 50.6 Å². The summed E-state index contributed by atoms with van der Waals surface area (Å²) in [6.07, 6.45) is 4.94. The molecule has 1 fully saturated rings. The molecule has 4 rings (SSSR count). The molecule has 1 aliphatic heterocycles. The maximum absolute atomic E-state index is 5.86. The van der Waals surface area contributed by atoms with E-state index in [2.05, 4.69) is 36.8 Å². The highest BCUT2D eigenvalue weighted by Crippen LogP contribution is 2.18. The third-order valence-electron chi connectivity index (χ3n) is 5.52. The van der Waals surface area contributed by atoms with E-state index in [0.29, 0.717) is 6.61 Å². The van der Waals surface area contributed by atoms with E-state index in [4.69, 9.17) is 17.0 Å². The second-order valence-electron chi connectivity index (χ2n) is 7.80. The van der Waals surface area contributed by atoms with Gasteiger partial charge in [0.25, 0.3) is 0 Å². The Kier molecular flexibility index (Phi) is 7.17. The fraction of sp³-hybridized carbons (Fsp3) is 0.333. The highest BCUT2D eigenvalue weighted by Gasteiger charge is 2.18. The van der Waals surface area contributed by atoms with E-state index in [0.717, 1.165) is 67.1 Å². The number of hydrogen-bond acceptors (Lipinski definition) is 4. The number of nitrogens with zero attached hydrogens (tertiary/aromatic N) is 4. The van der Waals surface area contributed by atoms with Crippen molar-refractivity contribution in [1.82, 2.24) is 19.4 Å². The summed E-state index contributed by atoms with van der Waals surface area (Å²) in [5, 5.41) is 4.15. The molecular weight excluding hydrogens is 406 g/mol. The van der Waals surface area contributed by atoms with Crippen LogP contribution >= 0.6 is 12.2 Å². The monoisotopic (exact) mass is 435 g/mol. The van der Waals surface area contributed by atoms with E-state index in [-0.39, 0.29) is 0 Å². The van der Waals surface area contributed by atoms with Crippen molar-refractivity contribution in [2.75, 3.05) is 31.5 Å². The average molecular weight is 436 g/mol. The number of imidazole rings is 1. The molecule has 1 saturated heterocycles. The number of rotatable bonds is 6. The lowest BCUT2D eigenvalue weighted by Crippen LogP contribution is -2.37. The molecule has 0 atom stereocenters. The van der Waals surface area contributed by atoms with Crippen molar-refractivity contribution in [3.05, 3.63) is 78.4 Å². The number of thiocarbonyl (C=S) groups is 1. The highest BCUT2D eigenvalue weighted by atomic mass is 32.1. The van der Waals surface area contributed by atoms with Gasteiger partial charge in [0, 0.05) is 51.3 Å². The molecule has 162 valence electrons. The van der Waals surface area contributed by atoms with Crippen molar-refractivity contribution in [1.29, 1.82) is 0 Å². The summed E-state index contributed by atoms with van der Waals surface area (Å²) in [6, 6.07) is 18.2. The molecule has 0 saturated carbocycles. The first kappa shape index (κ1) is 21.3. The van der Waals surface area contributed by atoms with Gasteiger partial charge < -0.3 is 19.5 Å². The molecule has 0 radical (unpaired) electrons. The van der Waals surface area contributed by atoms with Gasteiger partial charge in [0.05, 0.1) is 6.54 Å². The van der Waals surface area contributed by atoms with E-state index < -0.39 is 0 Å². The van der Waals surface area contributed by atoms with Crippen molar-refractivity contribution in [2.24, 2.45) is 7.05 Å². The molecule has 3 aromatic rings. The highest BCUT2D eigenvalue weighted by molar-refractivity contribution is 7.80. The molecule has 1 N–H and O–H groups in total. The van der Waals surface area contributed by atoms with Gasteiger partial charge in [0.15, 0.2) is 5.11 Å². The quantitative estimate of drug-likeness (QED) is 0.593. The summed E-state index contributed by atoms with van der Waals surface area (Å²) in [6.45, 7) is 5.34. The maximum Gasteiger partial charge on any atom is 0.173 e. The topological polar surface area (TPSA) is 45.6 Å². The summed E-state index contributed by atoms with van der Waals surface area (Å²) >= 11 is 5.69. The molecule has 31 heavy (non-hydrogen) atoms. The molecule has 7 heteroatoms. The predicted octanol–water partition coefficient (Wildman–Crippen LogP) is 3.90. The second-order valence-corrected chi connectivity index (χ2v) is 8.19. The fourth-order valence-electron chi connectivity index (χ4n) is 3.66. The van der Waals surface area contributed by atoms with E-state index in [1.165, 1.54) is 0 Å². The Morgan fingerprint density at radius 1 is 1.03 bits per heavy atom. The molecule has 0 bridgehead atoms. The smallest absolute Gasteiger partial charge is 0.173 e. The van der Waals surface area contributed by atoms with Crippen molar-refractivity contribution in [2.45, 2.75) is 19.6 Å². The third kappa shape index (κ3) is 6.06. The van der Waals surface area contributed by atoms with Gasteiger partial charge in [-0.15, -0.1) is 0 Å². The van der Waals surface area contributed by atoms with Gasteiger partial charge in [0.2, 0.25) is 0 Å². The number of anilines is 1. The number of aromatic nitrogens is 2. The van der Waals surface area contributed by atoms with Gasteiger partial charge >= 0.3 is 0 Å². The maximum atomic E-state index is 5.86. The van der Waals surface area contributed by atoms with Gasteiger partial charge in [-0.1, -0.05) is 30.3 Å². The molecule has 2 aromatic carbocycles. The standard InChI is InChI=1S/C24H29N5OS/c1-27-15-12-25-23(27)18-28-13-5-14-29(17-16-28)24(31)26-21-8-10-22(11-9-21)30-19-20-6-3-2-4-7-20/h2-4,6-12,15H,5,13-14,16-19H2,1H3,(H,26,31). The molecule has 6 nitrogen and oxygen atoms in total. The first-order valence-electron chi connectivity index (χ1n) is 10.7. The summed E-state index contributed by atoms with van der Waals surface area (Å²) in [5.74, 6) is 1.95. The minimum Gasteiger partial charge on any atom is -0.489 e. The van der Waals surface area contributed by atoms with Crippen LogP contribution in [0, 0.1) is 0 Å². The third-order valence-corrected chi connectivity index (χ3v) is 5.88. The van der Waals surface area contributed by atoms with Gasteiger partial charge in [-0.25, -0.2) is 4.98 Å². The lowest BCUT2D eigenvalue weighted by Gasteiger charge is -2.24. The lowest BCUT2D eigenvalue weighted by atomic mass is 10.2. The number of aryl methyl sites for hydroxylation is 1. The van der Waals surface area contributed by atoms with Gasteiger partial charge in [-0.2, -0.15) is 0 Å². The number of benzene rings is 2. The van der Waals surface area contributed by atoms with Crippen molar-refractivity contribution < 1.29 is 4.74 Å². The molecule has 0 aliphatic carbocycles. The largest absolute Gasteiger partial charge is 0.489 e. The van der Waals surface area contributed by atoms with Crippen molar-refractivity contribution in [3.8, 4) is 5.75 Å². The van der Waals surface area contributed by atoms with Crippen molar-refractivity contribution in [3.63, 3.8) is 0 Å². The van der Waals surface area contributed by atoms with Crippen LogP contribution in [0.25, 0.3) is 0 Å². The molecule has 0 unspecified atom stereocenters. The SMILES string of the molecule is Cn1ccnc1CN1CCCN(C(=S)Nc2ccc(OCc3ccccc3)cc2)CC1. The Morgan fingerprint density at radius 2 is 1.84 bits per heavy atom. The van der Waals surface area contributed by atoms with E-state index in [1.807, 2.05) is 61.9 Å². The zero-order valence-corrected chi connectivity index (χ0v) is 18.7. The van der Waals surface area contributed by atoms with Crippen LogP contribution in [0.3, 0.4) is 0 Å². The van der Waals surface area contributed by atoms with Crippen LogP contribution in [0.5, 0.6) is 5.75 Å². The van der Waals surface area contributed by atoms with Crippen molar-refractivity contribution >= 4 is 23.0 Å². The van der Waals surface area contributed by atoms with Crippen LogP contribution in [0.1, 0.15) is 17.8 Å². The zero-order valence-electron chi connectivity index (χ0n) is 17.9. The first-order chi connectivity index (χ1) is 15.2. The van der Waals surface area contributed by atoms with Gasteiger partial charge in [-0.3, -0.25) is 4.90 Å². The van der Waals surface area contributed by atoms with Crippen LogP contribution < -0.4 is 10.1 Å². The van der Waals surface area contributed by atoms with E-state index in [9.17, 15) is 0 Å². The first-order valence-corrected chi connectivity index (χ1v) is 11.1. The number of ether oxygens (including phenoxy) is 1. The molecule has 2 heterocycles. The minimum absolute atomic E-state index is 0.564. The van der Waals surface area contributed by atoms with Crippen LogP contribution in [0.15, 0.2) is 67.0 Å². The summed E-state index contributed by atoms with van der Waals surface area (Å²) in [7, 11) is 2.05. The Hall–Kier alpha value is -2.90. The summed E-state index contributed by atoms with van der Waals surface area (Å²) in [5.41, 5.74) is 2.13. The molecule has 1 aromatic heterocycles. The molecular formula is C24H29N5OS. The van der Waals surface area contributed by atoms with Crippen LogP contribution in [0.2, 0.25) is 0 Å². The Bertz CT molecular complexity index is 973. The lowest BCUT2D eigenvalue weighted by molar-refractivity contribution is 0.269. The van der Waals surface area contributed by atoms with E-state index in [1.54, 1.807) is 0 Å². The second kappa shape index (κ2) is 10.4. The summed E-state index contributed by atoms with van der Waals surface area (Å²) in [4.78, 5) is 9.15. The average Bonchev–Trinajstić information content (AvgIpc) is 3.05. The van der Waals surface area contributed by atoms with E-state index >= 15 is 0 Å². The zero-order chi connectivity index (χ0) is 21.5. The van der Waals surface area contributed by atoms with Crippen LogP contribution in [-0.2, 0) is 20.2 Å². The Balaban J connectivity index is 1.25. The Morgan fingerprint density at radius 3 is 2.58 bits per heavy atom. The number of hydrogen-bond donors (Lipinski definition) is 1. The normalized spacial score (nSPS) is 14.8. The Labute approximate surface area is 189 Å². The van der Waals surface area contributed by atoms with Gasteiger partial charge in [0.1, 0.15) is 18.2 Å². The van der Waals surface area contributed by atoms with Crippen LogP contribution in [0.4, 0.5) is 5.69 Å². The molecule has 0 spiro atoms. The molecule has 0 amide bonds. The minimum atomic E-state index is 0.564.